The van der Waals surface area contributed by atoms with E-state index in [1.54, 1.807) is 30.3 Å². The molecule has 0 aliphatic carbocycles. The molecule has 1 rings (SSSR count). The largest absolute Gasteiger partial charge is 0.480 e. The second-order valence-corrected chi connectivity index (χ2v) is 4.17. The number of nitrogens with one attached hydrogen (secondary N) is 1. The molecule has 2 amide bonds. The fourth-order valence-corrected chi connectivity index (χ4v) is 1.51. The third-order valence-corrected chi connectivity index (χ3v) is 2.56. The fraction of sp³-hybridized carbons (Fsp3) is 0.308. The first kappa shape index (κ1) is 15.6. The van der Waals surface area contributed by atoms with E-state index in [-0.39, 0.29) is 12.5 Å². The predicted molar refractivity (Wildman–Crippen MR) is 70.1 cm³/mol. The van der Waals surface area contributed by atoms with E-state index in [1.807, 2.05) is 0 Å². The summed E-state index contributed by atoms with van der Waals surface area (Å²) in [6.45, 7) is -1.01. The van der Waals surface area contributed by atoms with Gasteiger partial charge in [0.05, 0.1) is 13.2 Å². The highest BCUT2D eigenvalue weighted by atomic mass is 16.4. The summed E-state index contributed by atoms with van der Waals surface area (Å²) in [6, 6.07) is 7.03. The van der Waals surface area contributed by atoms with Gasteiger partial charge in [-0.15, -0.1) is 0 Å². The van der Waals surface area contributed by atoms with Crippen molar-refractivity contribution in [1.29, 1.82) is 0 Å². The zero-order chi connectivity index (χ0) is 15.1. The minimum absolute atomic E-state index is 0.294. The molecule has 0 aliphatic rings. The van der Waals surface area contributed by atoms with E-state index in [9.17, 15) is 14.4 Å². The molecule has 1 atom stereocenters. The number of rotatable bonds is 6. The van der Waals surface area contributed by atoms with Gasteiger partial charge in [-0.25, -0.2) is 4.79 Å². The van der Waals surface area contributed by atoms with Crippen LogP contribution in [0.25, 0.3) is 0 Å². The number of aliphatic hydroxyl groups excluding tert-OH is 1. The number of aliphatic carboxylic acids is 1. The second-order valence-electron chi connectivity index (χ2n) is 4.17. The number of nitrogens with zero attached hydrogens (tertiary/aromatic N) is 1. The van der Waals surface area contributed by atoms with Gasteiger partial charge >= 0.3 is 5.97 Å². The van der Waals surface area contributed by atoms with Crippen molar-refractivity contribution in [3.63, 3.8) is 0 Å². The van der Waals surface area contributed by atoms with Crippen molar-refractivity contribution in [1.82, 2.24) is 10.2 Å². The Morgan fingerprint density at radius 1 is 1.25 bits per heavy atom. The number of carbonyl (C=O) groups excluding carboxylic acids is 2. The Morgan fingerprint density at radius 2 is 1.85 bits per heavy atom. The molecule has 0 saturated heterocycles. The van der Waals surface area contributed by atoms with E-state index in [2.05, 4.69) is 5.32 Å². The van der Waals surface area contributed by atoms with Gasteiger partial charge in [-0.05, 0) is 12.1 Å². The maximum absolute atomic E-state index is 11.9. The molecule has 7 nitrogen and oxygen atoms in total. The summed E-state index contributed by atoms with van der Waals surface area (Å²) in [4.78, 5) is 35.4. The molecular formula is C13H16N2O5. The number of aliphatic hydroxyl groups is 1. The molecule has 0 aliphatic heterocycles. The van der Waals surface area contributed by atoms with Crippen molar-refractivity contribution in [2.24, 2.45) is 0 Å². The van der Waals surface area contributed by atoms with E-state index in [0.717, 1.165) is 0 Å². The normalized spacial score (nSPS) is 11.5. The van der Waals surface area contributed by atoms with Crippen LogP contribution in [0.15, 0.2) is 30.3 Å². The number of amides is 2. The molecule has 20 heavy (non-hydrogen) atoms. The summed E-state index contributed by atoms with van der Waals surface area (Å²) in [7, 11) is 1.43. The van der Waals surface area contributed by atoms with Crippen LogP contribution in [0.4, 0.5) is 0 Å². The molecule has 0 spiro atoms. The van der Waals surface area contributed by atoms with Crippen LogP contribution in [0.1, 0.15) is 10.4 Å². The molecule has 3 N–H and O–H groups in total. The van der Waals surface area contributed by atoms with Gasteiger partial charge in [-0.2, -0.15) is 0 Å². The second kappa shape index (κ2) is 7.25. The standard InChI is InChI=1S/C13H16N2O5/c1-15(12(18)9-5-3-2-4-6-9)7-11(17)14-10(8-16)13(19)20/h2-6,10,16H,7-8H2,1H3,(H,14,17)(H,19,20)/t10-/m0/s1. The van der Waals surface area contributed by atoms with Crippen molar-refractivity contribution < 1.29 is 24.6 Å². The van der Waals surface area contributed by atoms with E-state index < -0.39 is 24.5 Å². The summed E-state index contributed by atoms with van der Waals surface area (Å²) in [6.07, 6.45) is 0. The van der Waals surface area contributed by atoms with E-state index in [0.29, 0.717) is 5.56 Å². The first-order valence-corrected chi connectivity index (χ1v) is 5.89. The molecule has 0 heterocycles. The van der Waals surface area contributed by atoms with Gasteiger partial charge in [-0.1, -0.05) is 18.2 Å². The highest BCUT2D eigenvalue weighted by Gasteiger charge is 2.21. The van der Waals surface area contributed by atoms with Crippen LogP contribution >= 0.6 is 0 Å². The van der Waals surface area contributed by atoms with Crippen LogP contribution in [0.2, 0.25) is 0 Å². The number of benzene rings is 1. The number of likely N-dealkylation sites (N-methyl/N-ethyl adjacent to an activating group) is 1. The topological polar surface area (TPSA) is 107 Å². The van der Waals surface area contributed by atoms with E-state index >= 15 is 0 Å². The number of carboxylic acids is 1. The average molecular weight is 280 g/mol. The van der Waals surface area contributed by atoms with Gasteiger partial charge < -0.3 is 20.4 Å². The summed E-state index contributed by atoms with van der Waals surface area (Å²) in [5, 5.41) is 19.6. The van der Waals surface area contributed by atoms with Crippen LogP contribution in [0, 0.1) is 0 Å². The van der Waals surface area contributed by atoms with Crippen molar-refractivity contribution in [2.75, 3.05) is 20.2 Å². The highest BCUT2D eigenvalue weighted by molar-refractivity contribution is 5.96. The summed E-state index contributed by atoms with van der Waals surface area (Å²) in [5.41, 5.74) is 0.430. The lowest BCUT2D eigenvalue weighted by Crippen LogP contribution is -2.47. The van der Waals surface area contributed by atoms with Crippen molar-refractivity contribution in [3.8, 4) is 0 Å². The Morgan fingerprint density at radius 3 is 2.35 bits per heavy atom. The molecular weight excluding hydrogens is 264 g/mol. The minimum atomic E-state index is -1.37. The van der Waals surface area contributed by atoms with Crippen LogP contribution < -0.4 is 5.32 Å². The zero-order valence-corrected chi connectivity index (χ0v) is 10.9. The van der Waals surface area contributed by atoms with Gasteiger partial charge in [0.1, 0.15) is 6.04 Å². The third kappa shape index (κ3) is 4.36. The van der Waals surface area contributed by atoms with Crippen molar-refractivity contribution >= 4 is 17.8 Å². The number of hydrogen-bond donors (Lipinski definition) is 3. The lowest BCUT2D eigenvalue weighted by molar-refractivity contribution is -0.143. The smallest absolute Gasteiger partial charge is 0.328 e. The molecule has 7 heteroatoms. The Kier molecular flexibility index (Phi) is 5.67. The first-order valence-electron chi connectivity index (χ1n) is 5.89. The maximum atomic E-state index is 11.9. The quantitative estimate of drug-likeness (QED) is 0.640. The SMILES string of the molecule is CN(CC(=O)N[C@@H](CO)C(=O)O)C(=O)c1ccccc1. The average Bonchev–Trinajstić information content (AvgIpc) is 2.44. The Labute approximate surface area is 115 Å². The van der Waals surface area contributed by atoms with Gasteiger partial charge in [0.2, 0.25) is 5.91 Å². The van der Waals surface area contributed by atoms with Crippen molar-refractivity contribution in [2.45, 2.75) is 6.04 Å². The lowest BCUT2D eigenvalue weighted by Gasteiger charge is -2.18. The predicted octanol–water partition coefficient (Wildman–Crippen LogP) is -0.680. The molecule has 1 aromatic rings. The summed E-state index contributed by atoms with van der Waals surface area (Å²) in [5.74, 6) is -2.34. The summed E-state index contributed by atoms with van der Waals surface area (Å²) < 4.78 is 0. The highest BCUT2D eigenvalue weighted by Crippen LogP contribution is 2.02. The van der Waals surface area contributed by atoms with Gasteiger partial charge in [0.15, 0.2) is 0 Å². The van der Waals surface area contributed by atoms with Crippen LogP contribution in [-0.2, 0) is 9.59 Å². The number of carboxylic acid groups (broad SMARTS) is 1. The Hall–Kier alpha value is -2.41. The number of carbonyl (C=O) groups is 3. The van der Waals surface area contributed by atoms with E-state index in [1.165, 1.54) is 11.9 Å². The lowest BCUT2D eigenvalue weighted by atomic mass is 10.2. The monoisotopic (exact) mass is 280 g/mol. The van der Waals surface area contributed by atoms with Gasteiger partial charge in [-0.3, -0.25) is 9.59 Å². The minimum Gasteiger partial charge on any atom is -0.480 e. The number of hydrogen-bond acceptors (Lipinski definition) is 4. The molecule has 0 unspecified atom stereocenters. The first-order chi connectivity index (χ1) is 9.45. The molecule has 0 bridgehead atoms. The maximum Gasteiger partial charge on any atom is 0.328 e. The molecule has 108 valence electrons. The van der Waals surface area contributed by atoms with Crippen molar-refractivity contribution in [3.05, 3.63) is 35.9 Å². The molecule has 0 saturated carbocycles. The Bertz CT molecular complexity index is 489. The van der Waals surface area contributed by atoms with Crippen LogP contribution in [0.3, 0.4) is 0 Å². The zero-order valence-electron chi connectivity index (χ0n) is 10.9. The summed E-state index contributed by atoms with van der Waals surface area (Å²) >= 11 is 0. The van der Waals surface area contributed by atoms with E-state index in [4.69, 9.17) is 10.2 Å². The third-order valence-electron chi connectivity index (χ3n) is 2.56. The molecule has 0 fully saturated rings. The molecule has 0 aromatic heterocycles. The molecule has 1 aromatic carbocycles. The Balaban J connectivity index is 2.57. The van der Waals surface area contributed by atoms with Gasteiger partial charge in [0, 0.05) is 12.6 Å². The van der Waals surface area contributed by atoms with Crippen LogP contribution in [-0.4, -0.2) is 59.1 Å². The fourth-order valence-electron chi connectivity index (χ4n) is 1.51. The van der Waals surface area contributed by atoms with Gasteiger partial charge in [0.25, 0.3) is 5.91 Å². The van der Waals surface area contributed by atoms with Crippen LogP contribution in [0.5, 0.6) is 0 Å². The molecule has 0 radical (unpaired) electrons.